The van der Waals surface area contributed by atoms with Gasteiger partial charge >= 0.3 is 5.97 Å². The number of primary amides is 1. The third kappa shape index (κ3) is 13.2. The maximum atomic E-state index is 15.7. The summed E-state index contributed by atoms with van der Waals surface area (Å²) in [6, 6.07) is 1.55. The van der Waals surface area contributed by atoms with E-state index < -0.39 is 142 Å². The lowest BCUT2D eigenvalue weighted by molar-refractivity contribution is -0.143. The predicted molar refractivity (Wildman–Crippen MR) is 304 cm³/mol. The summed E-state index contributed by atoms with van der Waals surface area (Å²) in [6.45, 7) is 4.70. The molecule has 0 aromatic heterocycles. The predicted octanol–water partition coefficient (Wildman–Crippen LogP) is 3.78. The quantitative estimate of drug-likeness (QED) is 0.0885. The number of phenols is 3. The average molecular weight is 1230 g/mol. The van der Waals surface area contributed by atoms with Crippen molar-refractivity contribution in [1.29, 1.82) is 0 Å². The number of aromatic hydroxyl groups is 3. The van der Waals surface area contributed by atoms with Crippen LogP contribution >= 0.6 is 23.2 Å². The molecule has 29 heteroatoms. The van der Waals surface area contributed by atoms with Crippen LogP contribution in [0.3, 0.4) is 0 Å². The fraction of sp³-hybridized carbons (Fsp3) is 0.333. The first kappa shape index (κ1) is 61.3. The molecule has 0 aliphatic carbocycles. The van der Waals surface area contributed by atoms with Crippen LogP contribution in [-0.4, -0.2) is 127 Å². The number of carbonyl (C=O) groups is 8. The smallest absolute Gasteiger partial charge is 0.330 e. The van der Waals surface area contributed by atoms with E-state index in [0.717, 1.165) is 49.2 Å². The molecule has 0 unspecified atom stereocenters. The van der Waals surface area contributed by atoms with E-state index in [0.29, 0.717) is 13.1 Å². The Morgan fingerprint density at radius 2 is 1.29 bits per heavy atom. The number of rotatable bonds is 10. The van der Waals surface area contributed by atoms with Crippen LogP contribution in [0.1, 0.15) is 97.7 Å². The average Bonchev–Trinajstić information content (AvgIpc) is 1.41. The van der Waals surface area contributed by atoms with Gasteiger partial charge in [-0.3, -0.25) is 38.6 Å². The van der Waals surface area contributed by atoms with Gasteiger partial charge in [-0.1, -0.05) is 60.5 Å². The normalized spacial score (nSPS) is 22.7. The number of phenolic OH excluding ortho intramolecular Hbond substituents is 3. The van der Waals surface area contributed by atoms with Crippen LogP contribution in [0, 0.1) is 5.92 Å². The van der Waals surface area contributed by atoms with Crippen LogP contribution in [0.25, 0.3) is 11.1 Å². The Balaban J connectivity index is 1.30. The second-order valence-electron chi connectivity index (χ2n) is 21.2. The van der Waals surface area contributed by atoms with E-state index in [4.69, 9.17) is 38.4 Å². The molecule has 27 nitrogen and oxygen atoms in total. The fourth-order valence-electron chi connectivity index (χ4n) is 10.3. The molecule has 11 rings (SSSR count). The number of carboxylic acid groups (broad SMARTS) is 1. The number of fused-ring (bicyclic) bond motifs is 15. The van der Waals surface area contributed by atoms with E-state index in [1.807, 2.05) is 13.8 Å². The Bertz CT molecular complexity index is 3600. The Labute approximate surface area is 499 Å². The van der Waals surface area contributed by atoms with Crippen LogP contribution < -0.4 is 52.4 Å². The lowest BCUT2D eigenvalue weighted by atomic mass is 9.89. The number of amides is 7. The molecular formula is C57H59Cl2N11O16. The molecule has 0 radical (unpaired) electrons. The minimum atomic E-state index is -2.18. The van der Waals surface area contributed by atoms with Crippen molar-refractivity contribution in [2.45, 2.75) is 94.0 Å². The number of carbonyl (C=O) groups excluding carboxylic acids is 7. The van der Waals surface area contributed by atoms with E-state index in [1.54, 1.807) is 5.01 Å². The summed E-state index contributed by atoms with van der Waals surface area (Å²) in [7, 11) is 1.51. The first-order valence-electron chi connectivity index (χ1n) is 26.9. The summed E-state index contributed by atoms with van der Waals surface area (Å²) in [5.41, 5.74) is 3.40. The highest BCUT2D eigenvalue weighted by Gasteiger charge is 2.42. The zero-order valence-corrected chi connectivity index (χ0v) is 47.5. The van der Waals surface area contributed by atoms with E-state index in [-0.39, 0.29) is 73.3 Å². The van der Waals surface area contributed by atoms with Crippen molar-refractivity contribution in [3.63, 3.8) is 0 Å². The highest BCUT2D eigenvalue weighted by Crippen LogP contribution is 2.48. The van der Waals surface area contributed by atoms with Gasteiger partial charge in [0, 0.05) is 35.8 Å². The van der Waals surface area contributed by atoms with Crippen molar-refractivity contribution < 1.29 is 78.5 Å². The number of likely N-dealkylation sites (N-methyl/N-ethyl adjacent to an activating group) is 1. The van der Waals surface area contributed by atoms with Gasteiger partial charge in [0.25, 0.3) is 0 Å². The van der Waals surface area contributed by atoms with Gasteiger partial charge in [-0.2, -0.15) is 0 Å². The first-order valence-corrected chi connectivity index (χ1v) is 27.7. The first-order chi connectivity index (χ1) is 40.9. The number of nitrogens with two attached hydrogens (primary N) is 1. The number of hydrogen-bond donors (Lipinski definition) is 14. The van der Waals surface area contributed by atoms with Crippen molar-refractivity contribution in [3.05, 3.63) is 117 Å². The third-order valence-electron chi connectivity index (χ3n) is 14.7. The molecule has 5 aromatic rings. The van der Waals surface area contributed by atoms with E-state index >= 15 is 14.4 Å². The van der Waals surface area contributed by atoms with Crippen molar-refractivity contribution in [2.24, 2.45) is 22.0 Å². The van der Waals surface area contributed by atoms with Gasteiger partial charge in [-0.15, -0.1) is 5.11 Å². The molecule has 7 amide bonds. The number of ether oxygens (including phenoxy) is 2. The fourth-order valence-corrected chi connectivity index (χ4v) is 10.8. The number of halogens is 2. The van der Waals surface area contributed by atoms with Crippen molar-refractivity contribution in [3.8, 4) is 51.4 Å². The highest BCUT2D eigenvalue weighted by atomic mass is 35.5. The maximum Gasteiger partial charge on any atom is 0.330 e. The number of benzene rings is 5. The van der Waals surface area contributed by atoms with Crippen molar-refractivity contribution in [1.82, 2.24) is 42.2 Å². The Morgan fingerprint density at radius 3 is 1.88 bits per heavy atom. The number of aliphatic hydroxyl groups is 2. The van der Waals surface area contributed by atoms with Gasteiger partial charge in [0.15, 0.2) is 23.2 Å². The zero-order chi connectivity index (χ0) is 62.0. The molecule has 6 aliphatic rings. The topological polar surface area (TPSA) is 415 Å². The van der Waals surface area contributed by atoms with E-state index in [9.17, 15) is 54.6 Å². The molecular weight excluding hydrogens is 1170 g/mol. The summed E-state index contributed by atoms with van der Waals surface area (Å²) in [4.78, 5) is 115. The monoisotopic (exact) mass is 1220 g/mol. The molecule has 9 atom stereocenters. The van der Waals surface area contributed by atoms with Crippen LogP contribution in [0.2, 0.25) is 10.0 Å². The van der Waals surface area contributed by atoms with Crippen LogP contribution in [0.4, 0.5) is 5.69 Å². The molecule has 6 heterocycles. The molecule has 1 saturated heterocycles. The zero-order valence-electron chi connectivity index (χ0n) is 46.0. The largest absolute Gasteiger partial charge is 0.508 e. The van der Waals surface area contributed by atoms with Crippen LogP contribution in [0.15, 0.2) is 89.2 Å². The van der Waals surface area contributed by atoms with Crippen molar-refractivity contribution >= 4 is 76.2 Å². The summed E-state index contributed by atoms with van der Waals surface area (Å²) in [5, 5.41) is 96.1. The number of aliphatic carboxylic acids is 1. The molecule has 11 bridgehead atoms. The summed E-state index contributed by atoms with van der Waals surface area (Å²) < 4.78 is 13.0. The highest BCUT2D eigenvalue weighted by molar-refractivity contribution is 6.32. The second kappa shape index (κ2) is 25.5. The minimum absolute atomic E-state index is 0.0324. The number of carboxylic acids is 1. The SMILES string of the molecule is CN[C@H](CC(C)C)C(=O)N[C@H]1C(=O)N[C@@H](CC(N)=O)C(=O)N[C@H]2C(=O)N[C@H]3C(=O)N[C@H](C(=O)N[C@H](C(=O)O)c4cc(O)cc(O)c4-c4cc3ccc4O)[C@H](O)c3ccc(c(Cl)c3)Oc3cc2cc(c3N=NN2CCCC2)Oc2ccc(cc2Cl)[C@H]1O. The number of aliphatic hydroxyl groups excluding tert-OH is 2. The summed E-state index contributed by atoms with van der Waals surface area (Å²) in [5.74, 6) is -13.3. The molecule has 15 N–H and O–H groups in total. The molecule has 5 aromatic carbocycles. The van der Waals surface area contributed by atoms with Gasteiger partial charge in [0.2, 0.25) is 41.4 Å². The van der Waals surface area contributed by atoms with Gasteiger partial charge in [0.05, 0.1) is 22.5 Å². The molecule has 0 spiro atoms. The van der Waals surface area contributed by atoms with Crippen LogP contribution in [-0.2, 0) is 38.4 Å². The molecule has 1 fully saturated rings. The molecule has 6 aliphatic heterocycles. The van der Waals surface area contributed by atoms with Gasteiger partial charge in [0.1, 0.15) is 71.2 Å². The van der Waals surface area contributed by atoms with Gasteiger partial charge < -0.3 is 83.1 Å². The summed E-state index contributed by atoms with van der Waals surface area (Å²) in [6.07, 6.45) is -3.19. The lowest BCUT2D eigenvalue weighted by Gasteiger charge is -2.31. The Morgan fingerprint density at radius 1 is 0.698 bits per heavy atom. The molecule has 452 valence electrons. The van der Waals surface area contributed by atoms with Crippen LogP contribution in [0.5, 0.6) is 40.2 Å². The molecule has 86 heavy (non-hydrogen) atoms. The summed E-state index contributed by atoms with van der Waals surface area (Å²) >= 11 is 13.9. The van der Waals surface area contributed by atoms with Gasteiger partial charge in [-0.05, 0) is 109 Å². The standard InChI is InChI=1S/C57H59Cl2N11O16/c1-23(2)14-33(61-3)51(77)66-47-49(75)25-7-10-37(31(58)16-25)85-39-18-27-19-40(46(39)68-69-70-12-4-5-13-70)86-38-11-8-26(17-32(38)59)50(76)48-56(82)65-45(57(83)84)30-20-28(71)21-36(73)42(30)29-15-24(6-9-35(29)72)43(53(79)67-48)64-54(80)44(27)63-52(78)34(22-41(60)74)62-55(47)81/h6-11,15-21,23,33-34,43-45,47-50,61,71-73,75-76H,4-5,12-14,22H2,1-3H3,(H2,60,74)(H,62,81)(H,63,78)(H,64,80)(H,65,82)(H,66,77)(H,67,79)(H,83,84)/t33-,34+,43-,44-,45+,47-,48+,49-,50-/m1/s1. The van der Waals surface area contributed by atoms with E-state index in [1.165, 1.54) is 49.5 Å². The van der Waals surface area contributed by atoms with Gasteiger partial charge in [-0.25, -0.2) is 4.79 Å². The second-order valence-corrected chi connectivity index (χ2v) is 22.0. The third-order valence-corrected chi connectivity index (χ3v) is 15.3. The Kier molecular flexibility index (Phi) is 18.2. The molecule has 0 saturated carbocycles. The number of nitrogens with one attached hydrogen (secondary N) is 7. The minimum Gasteiger partial charge on any atom is -0.508 e. The Hall–Kier alpha value is -9.28. The maximum absolute atomic E-state index is 15.7. The van der Waals surface area contributed by atoms with E-state index in [2.05, 4.69) is 47.6 Å². The number of nitrogens with zero attached hydrogens (tertiary/aromatic N) is 3. The van der Waals surface area contributed by atoms with Crippen molar-refractivity contribution in [2.75, 3.05) is 20.1 Å². The number of hydrogen-bond acceptors (Lipinski definition) is 18. The lowest BCUT2D eigenvalue weighted by Crippen LogP contribution is -2.59.